The SMILES string of the molecule is CCOC(=O)CC[C@H](NC(=O)c1cc(OCC(=O)N2CCC[C@H]2C(=O)NC2CCC2)c2ccc(C)cc2c1)C(=O)N1CCN(C(=O)O)CC1. The van der Waals surface area contributed by atoms with E-state index in [9.17, 15) is 33.9 Å². The molecule has 2 atom stereocenters. The summed E-state index contributed by atoms with van der Waals surface area (Å²) >= 11 is 0. The number of aryl methyl sites for hydroxylation is 1. The van der Waals surface area contributed by atoms with Crippen LogP contribution in [0.3, 0.4) is 0 Å². The Bertz CT molecular complexity index is 1580. The number of rotatable bonds is 12. The normalized spacial score (nSPS) is 18.4. The zero-order chi connectivity index (χ0) is 35.1. The molecule has 2 aliphatic heterocycles. The van der Waals surface area contributed by atoms with Crippen LogP contribution in [0.4, 0.5) is 4.79 Å². The zero-order valence-electron chi connectivity index (χ0n) is 28.1. The summed E-state index contributed by atoms with van der Waals surface area (Å²) in [6, 6.07) is 7.37. The van der Waals surface area contributed by atoms with Crippen molar-refractivity contribution in [2.45, 2.75) is 76.9 Å². The van der Waals surface area contributed by atoms with Crippen molar-refractivity contribution in [2.75, 3.05) is 45.9 Å². The number of amides is 5. The number of nitrogens with zero attached hydrogens (tertiary/aromatic N) is 3. The van der Waals surface area contributed by atoms with E-state index >= 15 is 0 Å². The Morgan fingerprint density at radius 1 is 0.939 bits per heavy atom. The first kappa shape index (κ1) is 35.4. The number of likely N-dealkylation sites (tertiary alicyclic amines) is 1. The maximum Gasteiger partial charge on any atom is 0.407 e. The molecule has 264 valence electrons. The van der Waals surface area contributed by atoms with Crippen LogP contribution in [-0.4, -0.2) is 120 Å². The van der Waals surface area contributed by atoms with E-state index < -0.39 is 36.0 Å². The van der Waals surface area contributed by atoms with Gasteiger partial charge < -0.3 is 39.9 Å². The summed E-state index contributed by atoms with van der Waals surface area (Å²) < 4.78 is 11.1. The third-order valence-electron chi connectivity index (χ3n) is 9.42. The molecular weight excluding hydrogens is 634 g/mol. The van der Waals surface area contributed by atoms with E-state index in [1.54, 1.807) is 17.9 Å². The van der Waals surface area contributed by atoms with Crippen LogP contribution >= 0.6 is 0 Å². The lowest BCUT2D eigenvalue weighted by molar-refractivity contribution is -0.143. The van der Waals surface area contributed by atoms with Crippen LogP contribution in [0.1, 0.15) is 67.8 Å². The second-order valence-corrected chi connectivity index (χ2v) is 12.8. The van der Waals surface area contributed by atoms with Gasteiger partial charge in [-0.05, 0) is 69.9 Å². The second kappa shape index (κ2) is 16.0. The van der Waals surface area contributed by atoms with Crippen molar-refractivity contribution in [3.8, 4) is 5.75 Å². The van der Waals surface area contributed by atoms with Crippen LogP contribution < -0.4 is 15.4 Å². The van der Waals surface area contributed by atoms with Gasteiger partial charge in [-0.3, -0.25) is 24.0 Å². The van der Waals surface area contributed by atoms with Crippen LogP contribution in [0, 0.1) is 6.92 Å². The molecule has 1 aliphatic carbocycles. The number of carboxylic acid groups (broad SMARTS) is 1. The highest BCUT2D eigenvalue weighted by molar-refractivity contribution is 6.03. The van der Waals surface area contributed by atoms with Crippen molar-refractivity contribution in [1.82, 2.24) is 25.3 Å². The monoisotopic (exact) mass is 679 g/mol. The topological polar surface area (TPSA) is 175 Å². The van der Waals surface area contributed by atoms with Crippen LogP contribution in [0.25, 0.3) is 10.8 Å². The Kier molecular flexibility index (Phi) is 11.6. The number of hydrogen-bond donors (Lipinski definition) is 3. The Morgan fingerprint density at radius 3 is 2.35 bits per heavy atom. The van der Waals surface area contributed by atoms with E-state index in [1.165, 1.54) is 15.9 Å². The summed E-state index contributed by atoms with van der Waals surface area (Å²) in [5, 5.41) is 16.5. The van der Waals surface area contributed by atoms with Crippen LogP contribution in [0.5, 0.6) is 5.75 Å². The fourth-order valence-electron chi connectivity index (χ4n) is 6.45. The number of esters is 1. The second-order valence-electron chi connectivity index (χ2n) is 12.8. The lowest BCUT2D eigenvalue weighted by Crippen LogP contribution is -2.55. The van der Waals surface area contributed by atoms with Gasteiger partial charge in [0.25, 0.3) is 11.8 Å². The molecule has 0 unspecified atom stereocenters. The van der Waals surface area contributed by atoms with Gasteiger partial charge >= 0.3 is 12.1 Å². The number of piperazine rings is 1. The van der Waals surface area contributed by atoms with E-state index in [-0.39, 0.29) is 75.7 Å². The van der Waals surface area contributed by atoms with Gasteiger partial charge in [0.1, 0.15) is 17.8 Å². The minimum Gasteiger partial charge on any atom is -0.483 e. The van der Waals surface area contributed by atoms with Gasteiger partial charge in [0, 0.05) is 56.1 Å². The summed E-state index contributed by atoms with van der Waals surface area (Å²) in [6.07, 6.45) is 3.12. The first-order chi connectivity index (χ1) is 23.5. The van der Waals surface area contributed by atoms with Crippen LogP contribution in [-0.2, 0) is 23.9 Å². The van der Waals surface area contributed by atoms with Crippen molar-refractivity contribution in [3.05, 3.63) is 41.5 Å². The molecule has 3 N–H and O–H groups in total. The number of carbonyl (C=O) groups excluding carboxylic acids is 5. The number of fused-ring (bicyclic) bond motifs is 1. The Labute approximate surface area is 285 Å². The number of carbonyl (C=O) groups is 6. The standard InChI is InChI=1S/C35H45N5O9/c1-3-48-31(42)12-11-27(34(45)38-14-16-39(17-15-38)35(46)47)37-32(43)24-19-23-18-22(2)9-10-26(23)29(20-24)49-21-30(41)40-13-5-8-28(40)33(44)36-25-6-4-7-25/h9-10,18-20,25,27-28H,3-8,11-17,21H2,1-2H3,(H,36,44)(H,37,43)(H,46,47)/t27-,28-/m0/s1. The molecule has 14 heteroatoms. The summed E-state index contributed by atoms with van der Waals surface area (Å²) in [6.45, 7) is 4.45. The number of nitrogens with one attached hydrogen (secondary N) is 2. The number of ether oxygens (including phenoxy) is 2. The summed E-state index contributed by atoms with van der Waals surface area (Å²) in [5.74, 6) is -1.68. The Hall–Kier alpha value is -4.88. The smallest absolute Gasteiger partial charge is 0.407 e. The molecule has 5 rings (SSSR count). The van der Waals surface area contributed by atoms with E-state index in [1.807, 2.05) is 25.1 Å². The summed E-state index contributed by atoms with van der Waals surface area (Å²) in [5.41, 5.74) is 1.12. The highest BCUT2D eigenvalue weighted by Crippen LogP contribution is 2.30. The zero-order valence-corrected chi connectivity index (χ0v) is 28.1. The van der Waals surface area contributed by atoms with Crippen molar-refractivity contribution >= 4 is 46.5 Å². The molecule has 1 saturated carbocycles. The predicted octanol–water partition coefficient (Wildman–Crippen LogP) is 2.45. The van der Waals surface area contributed by atoms with Crippen molar-refractivity contribution < 1.29 is 43.3 Å². The number of hydrogen-bond acceptors (Lipinski definition) is 8. The van der Waals surface area contributed by atoms with Gasteiger partial charge in [-0.2, -0.15) is 0 Å². The van der Waals surface area contributed by atoms with Crippen LogP contribution in [0.15, 0.2) is 30.3 Å². The minimum absolute atomic E-state index is 0.0155. The lowest BCUT2D eigenvalue weighted by atomic mass is 9.93. The third-order valence-corrected chi connectivity index (χ3v) is 9.42. The maximum atomic E-state index is 13.8. The predicted molar refractivity (Wildman–Crippen MR) is 178 cm³/mol. The molecule has 2 aromatic carbocycles. The average Bonchev–Trinajstić information content (AvgIpc) is 3.57. The molecular formula is C35H45N5O9. The third kappa shape index (κ3) is 8.78. The minimum atomic E-state index is -1.08. The van der Waals surface area contributed by atoms with Gasteiger partial charge in [-0.1, -0.05) is 23.8 Å². The first-order valence-electron chi connectivity index (χ1n) is 17.0. The molecule has 49 heavy (non-hydrogen) atoms. The first-order valence-corrected chi connectivity index (χ1v) is 17.0. The summed E-state index contributed by atoms with van der Waals surface area (Å²) in [7, 11) is 0. The highest BCUT2D eigenvalue weighted by Gasteiger charge is 2.36. The average molecular weight is 680 g/mol. The van der Waals surface area contributed by atoms with Crippen molar-refractivity contribution in [1.29, 1.82) is 0 Å². The van der Waals surface area contributed by atoms with Crippen LogP contribution in [0.2, 0.25) is 0 Å². The molecule has 3 aliphatic rings. The maximum absolute atomic E-state index is 13.8. The molecule has 0 spiro atoms. The molecule has 2 saturated heterocycles. The molecule has 0 aromatic heterocycles. The number of benzene rings is 2. The molecule has 0 radical (unpaired) electrons. The Morgan fingerprint density at radius 2 is 1.67 bits per heavy atom. The van der Waals surface area contributed by atoms with Crippen molar-refractivity contribution in [2.24, 2.45) is 0 Å². The molecule has 5 amide bonds. The largest absolute Gasteiger partial charge is 0.483 e. The van der Waals surface area contributed by atoms with E-state index in [0.29, 0.717) is 29.5 Å². The van der Waals surface area contributed by atoms with Gasteiger partial charge in [0.15, 0.2) is 6.61 Å². The summed E-state index contributed by atoms with van der Waals surface area (Å²) in [4.78, 5) is 81.4. The molecule has 2 aromatic rings. The lowest BCUT2D eigenvalue weighted by Gasteiger charge is -2.35. The fourth-order valence-corrected chi connectivity index (χ4v) is 6.45. The molecule has 0 bridgehead atoms. The molecule has 2 heterocycles. The quantitative estimate of drug-likeness (QED) is 0.285. The molecule has 3 fully saturated rings. The molecule has 14 nitrogen and oxygen atoms in total. The van der Waals surface area contributed by atoms with E-state index in [2.05, 4.69) is 10.6 Å². The Balaban J connectivity index is 1.32. The van der Waals surface area contributed by atoms with E-state index in [0.717, 1.165) is 31.2 Å². The van der Waals surface area contributed by atoms with Gasteiger partial charge in [0.05, 0.1) is 6.61 Å². The van der Waals surface area contributed by atoms with E-state index in [4.69, 9.17) is 9.47 Å². The van der Waals surface area contributed by atoms with Gasteiger partial charge in [-0.25, -0.2) is 4.79 Å². The van der Waals surface area contributed by atoms with Gasteiger partial charge in [-0.15, -0.1) is 0 Å². The highest BCUT2D eigenvalue weighted by atomic mass is 16.5. The van der Waals surface area contributed by atoms with Gasteiger partial charge in [0.2, 0.25) is 11.8 Å². The van der Waals surface area contributed by atoms with Crippen molar-refractivity contribution in [3.63, 3.8) is 0 Å². The fraction of sp³-hybridized carbons (Fsp3) is 0.543.